The normalized spacial score (nSPS) is 26.0. The van der Waals surface area contributed by atoms with E-state index in [9.17, 15) is 9.59 Å². The van der Waals surface area contributed by atoms with Crippen LogP contribution in [0.5, 0.6) is 0 Å². The highest BCUT2D eigenvalue weighted by Crippen LogP contribution is 2.19. The summed E-state index contributed by atoms with van der Waals surface area (Å²) in [5.41, 5.74) is 0. The number of hydrogen-bond donors (Lipinski definition) is 2. The summed E-state index contributed by atoms with van der Waals surface area (Å²) in [5, 5.41) is 2.57. The number of hydrogen-bond acceptors (Lipinski definition) is 3. The van der Waals surface area contributed by atoms with Crippen molar-refractivity contribution in [3.63, 3.8) is 0 Å². The molecule has 0 radical (unpaired) electrons. The number of nitrogens with one attached hydrogen (secondary N) is 1. The van der Waals surface area contributed by atoms with Gasteiger partial charge in [0.05, 0.1) is 6.54 Å². The zero-order valence-corrected chi connectivity index (χ0v) is 8.51. The van der Waals surface area contributed by atoms with Gasteiger partial charge < -0.3 is 10.2 Å². The Bertz CT molecular complexity index is 198. The van der Waals surface area contributed by atoms with Gasteiger partial charge in [0, 0.05) is 6.54 Å². The zero-order valence-electron chi connectivity index (χ0n) is 7.62. The summed E-state index contributed by atoms with van der Waals surface area (Å²) in [7, 11) is 0. The van der Waals surface area contributed by atoms with Crippen molar-refractivity contribution >= 4 is 24.4 Å². The molecule has 1 unspecified atom stereocenters. The van der Waals surface area contributed by atoms with Gasteiger partial charge in [-0.1, -0.05) is 0 Å². The van der Waals surface area contributed by atoms with E-state index >= 15 is 0 Å². The quantitative estimate of drug-likeness (QED) is 0.528. The van der Waals surface area contributed by atoms with E-state index in [-0.39, 0.29) is 24.4 Å². The monoisotopic (exact) mass is 202 g/mol. The van der Waals surface area contributed by atoms with Gasteiger partial charge in [-0.25, -0.2) is 0 Å². The van der Waals surface area contributed by atoms with Gasteiger partial charge in [0.2, 0.25) is 11.8 Å². The molecule has 0 saturated carbocycles. The fourth-order valence-electron chi connectivity index (χ4n) is 1.72. The van der Waals surface area contributed by atoms with Crippen LogP contribution in [0.25, 0.3) is 0 Å². The van der Waals surface area contributed by atoms with Crippen molar-refractivity contribution in [3.05, 3.63) is 0 Å². The first kappa shape index (κ1) is 10.4. The number of carbonyl (C=O) groups excluding carboxylic acids is 2. The molecule has 13 heavy (non-hydrogen) atoms. The molecule has 1 atom stereocenters. The number of fused-ring (bicyclic) bond motifs is 1. The standard InChI is InChI=1S/C7H10N2O2.CH4S/c10-6-4-8-7(11)5-2-1-3-9(5)6;1-2/h5H,1-4H2,(H,8,11);2H,1H3. The molecule has 1 N–H and O–H groups in total. The number of piperazine rings is 1. The van der Waals surface area contributed by atoms with E-state index < -0.39 is 0 Å². The smallest absolute Gasteiger partial charge is 0.243 e. The van der Waals surface area contributed by atoms with E-state index in [2.05, 4.69) is 17.9 Å². The molecule has 0 aromatic heterocycles. The summed E-state index contributed by atoms with van der Waals surface area (Å²) >= 11 is 3.53. The van der Waals surface area contributed by atoms with Crippen LogP contribution in [0.3, 0.4) is 0 Å². The third-order valence-corrected chi connectivity index (χ3v) is 2.29. The van der Waals surface area contributed by atoms with Gasteiger partial charge in [0.1, 0.15) is 6.04 Å². The average molecular weight is 202 g/mol. The second-order valence-corrected chi connectivity index (χ2v) is 2.96. The Balaban J connectivity index is 0.000000396. The van der Waals surface area contributed by atoms with Crippen molar-refractivity contribution in [1.82, 2.24) is 10.2 Å². The van der Waals surface area contributed by atoms with Gasteiger partial charge >= 0.3 is 0 Å². The van der Waals surface area contributed by atoms with Crippen LogP contribution in [-0.4, -0.2) is 42.1 Å². The van der Waals surface area contributed by atoms with Crippen molar-refractivity contribution in [3.8, 4) is 0 Å². The summed E-state index contributed by atoms with van der Waals surface area (Å²) in [4.78, 5) is 23.9. The Hall–Kier alpha value is -0.710. The van der Waals surface area contributed by atoms with Crippen molar-refractivity contribution < 1.29 is 9.59 Å². The Morgan fingerprint density at radius 1 is 1.46 bits per heavy atom. The Morgan fingerprint density at radius 3 is 2.77 bits per heavy atom. The van der Waals surface area contributed by atoms with Crippen LogP contribution in [0.4, 0.5) is 0 Å². The lowest BCUT2D eigenvalue weighted by Crippen LogP contribution is -2.55. The molecule has 74 valence electrons. The van der Waals surface area contributed by atoms with E-state index in [0.717, 1.165) is 19.4 Å². The van der Waals surface area contributed by atoms with E-state index in [1.54, 1.807) is 11.2 Å². The Labute approximate surface area is 83.1 Å². The van der Waals surface area contributed by atoms with E-state index in [0.29, 0.717) is 0 Å². The van der Waals surface area contributed by atoms with E-state index in [4.69, 9.17) is 0 Å². The molecule has 0 aliphatic carbocycles. The lowest BCUT2D eigenvalue weighted by atomic mass is 10.2. The largest absolute Gasteiger partial charge is 0.345 e. The second kappa shape index (κ2) is 4.50. The average Bonchev–Trinajstić information content (AvgIpc) is 2.64. The topological polar surface area (TPSA) is 49.4 Å². The predicted molar refractivity (Wildman–Crippen MR) is 52.7 cm³/mol. The molecular formula is C8H14N2O2S. The van der Waals surface area contributed by atoms with Crippen molar-refractivity contribution in [2.75, 3.05) is 19.3 Å². The van der Waals surface area contributed by atoms with Crippen LogP contribution in [0.2, 0.25) is 0 Å². The summed E-state index contributed by atoms with van der Waals surface area (Å²) in [6, 6.07) is -0.156. The van der Waals surface area contributed by atoms with Crippen LogP contribution < -0.4 is 5.32 Å². The highest BCUT2D eigenvalue weighted by molar-refractivity contribution is 7.79. The first-order valence-corrected chi connectivity index (χ1v) is 5.20. The number of amides is 2. The first-order valence-electron chi connectivity index (χ1n) is 4.31. The van der Waals surface area contributed by atoms with Crippen LogP contribution in [0.15, 0.2) is 0 Å². The first-order chi connectivity index (χ1) is 6.29. The number of nitrogens with zero attached hydrogens (tertiary/aromatic N) is 1. The van der Waals surface area contributed by atoms with Gasteiger partial charge in [-0.3, -0.25) is 9.59 Å². The molecule has 2 amide bonds. The third kappa shape index (κ3) is 1.96. The van der Waals surface area contributed by atoms with Gasteiger partial charge in [-0.2, -0.15) is 12.6 Å². The Kier molecular flexibility index (Phi) is 3.59. The molecule has 0 aromatic carbocycles. The summed E-state index contributed by atoms with van der Waals surface area (Å²) in [6.45, 7) is 0.951. The van der Waals surface area contributed by atoms with E-state index in [1.807, 2.05) is 0 Å². The fraction of sp³-hybridized carbons (Fsp3) is 0.750. The van der Waals surface area contributed by atoms with E-state index in [1.165, 1.54) is 0 Å². The molecule has 2 fully saturated rings. The van der Waals surface area contributed by atoms with Crippen LogP contribution in [0, 0.1) is 0 Å². The minimum absolute atomic E-state index is 0.0158. The highest BCUT2D eigenvalue weighted by atomic mass is 32.1. The zero-order chi connectivity index (χ0) is 9.84. The maximum absolute atomic E-state index is 11.1. The predicted octanol–water partition coefficient (Wildman–Crippen LogP) is -0.347. The van der Waals surface area contributed by atoms with Gasteiger partial charge in [0.25, 0.3) is 0 Å². The summed E-state index contributed by atoms with van der Waals surface area (Å²) in [6.07, 6.45) is 3.49. The molecule has 0 aromatic rings. The maximum atomic E-state index is 11.1. The van der Waals surface area contributed by atoms with Gasteiger partial charge in [-0.05, 0) is 19.1 Å². The molecular weight excluding hydrogens is 188 g/mol. The lowest BCUT2D eigenvalue weighted by molar-refractivity contribution is -0.143. The molecule has 0 bridgehead atoms. The molecule has 2 aliphatic rings. The van der Waals surface area contributed by atoms with Crippen molar-refractivity contribution in [2.45, 2.75) is 18.9 Å². The Morgan fingerprint density at radius 2 is 2.15 bits per heavy atom. The molecule has 2 aliphatic heterocycles. The van der Waals surface area contributed by atoms with Gasteiger partial charge in [-0.15, -0.1) is 0 Å². The number of rotatable bonds is 0. The van der Waals surface area contributed by atoms with Crippen molar-refractivity contribution in [1.29, 1.82) is 0 Å². The molecule has 2 saturated heterocycles. The SMILES string of the molecule is CS.O=C1NCC(=O)N2CCCC12. The molecule has 2 heterocycles. The molecule has 2 rings (SSSR count). The molecule has 5 heteroatoms. The minimum Gasteiger partial charge on any atom is -0.345 e. The number of carbonyl (C=O) groups is 2. The van der Waals surface area contributed by atoms with Gasteiger partial charge in [0.15, 0.2) is 0 Å². The summed E-state index contributed by atoms with van der Waals surface area (Å²) < 4.78 is 0. The fourth-order valence-corrected chi connectivity index (χ4v) is 1.72. The van der Waals surface area contributed by atoms with Crippen molar-refractivity contribution in [2.24, 2.45) is 0 Å². The minimum atomic E-state index is -0.156. The van der Waals surface area contributed by atoms with Crippen LogP contribution in [-0.2, 0) is 9.59 Å². The molecule has 4 nitrogen and oxygen atoms in total. The third-order valence-electron chi connectivity index (χ3n) is 2.29. The lowest BCUT2D eigenvalue weighted by Gasteiger charge is -2.28. The maximum Gasteiger partial charge on any atom is 0.243 e. The number of thiol groups is 1. The second-order valence-electron chi connectivity index (χ2n) is 2.96. The van der Waals surface area contributed by atoms with Crippen LogP contribution in [0.1, 0.15) is 12.8 Å². The molecule has 0 spiro atoms. The summed E-state index contributed by atoms with van der Waals surface area (Å²) in [5.74, 6) is 0.0780. The van der Waals surface area contributed by atoms with Crippen LogP contribution >= 0.6 is 12.6 Å². The highest BCUT2D eigenvalue weighted by Gasteiger charge is 2.37.